The number of amides is 1. The Morgan fingerprint density at radius 2 is 2.05 bits per heavy atom. The summed E-state index contributed by atoms with van der Waals surface area (Å²) in [7, 11) is 0. The summed E-state index contributed by atoms with van der Waals surface area (Å²) >= 11 is 0. The maximum absolute atomic E-state index is 12.1. The van der Waals surface area contributed by atoms with Gasteiger partial charge in [-0.1, -0.05) is 19.9 Å². The van der Waals surface area contributed by atoms with Crippen LogP contribution in [0.25, 0.3) is 0 Å². The molecule has 0 fully saturated rings. The average Bonchev–Trinajstić information content (AvgIpc) is 2.37. The fourth-order valence-electron chi connectivity index (χ4n) is 1.58. The number of anilines is 1. The number of carbonyl (C=O) groups is 1. The second kappa shape index (κ2) is 6.47. The third-order valence-electron chi connectivity index (χ3n) is 3.03. The molecule has 1 aromatic rings. The summed E-state index contributed by atoms with van der Waals surface area (Å²) in [5, 5.41) is 2.61. The van der Waals surface area contributed by atoms with Crippen LogP contribution in [0.5, 0.6) is 5.75 Å². The van der Waals surface area contributed by atoms with E-state index >= 15 is 0 Å². The molecule has 0 bridgehead atoms. The van der Waals surface area contributed by atoms with Gasteiger partial charge in [-0.2, -0.15) is 8.78 Å². The molecule has 1 aromatic carbocycles. The SMILES string of the molecule is CCC(N)(CC)C(=O)Nc1cccc(OC(F)F)c1. The summed E-state index contributed by atoms with van der Waals surface area (Å²) in [4.78, 5) is 12.0. The number of rotatable bonds is 6. The summed E-state index contributed by atoms with van der Waals surface area (Å²) < 4.78 is 28.4. The molecule has 0 radical (unpaired) electrons. The van der Waals surface area contributed by atoms with Crippen LogP contribution in [-0.4, -0.2) is 18.1 Å². The molecule has 0 aliphatic rings. The molecule has 0 atom stereocenters. The smallest absolute Gasteiger partial charge is 0.387 e. The van der Waals surface area contributed by atoms with E-state index in [1.54, 1.807) is 6.07 Å². The van der Waals surface area contributed by atoms with Crippen LogP contribution in [0.15, 0.2) is 24.3 Å². The van der Waals surface area contributed by atoms with Gasteiger partial charge >= 0.3 is 6.61 Å². The van der Waals surface area contributed by atoms with Crippen LogP contribution in [0.4, 0.5) is 14.5 Å². The highest BCUT2D eigenvalue weighted by atomic mass is 19.3. The van der Waals surface area contributed by atoms with Crippen molar-refractivity contribution in [2.45, 2.75) is 38.8 Å². The molecule has 0 heterocycles. The lowest BCUT2D eigenvalue weighted by molar-refractivity contribution is -0.121. The Hall–Kier alpha value is -1.69. The maximum atomic E-state index is 12.1. The third-order valence-corrected chi connectivity index (χ3v) is 3.03. The largest absolute Gasteiger partial charge is 0.435 e. The van der Waals surface area contributed by atoms with E-state index in [2.05, 4.69) is 10.1 Å². The zero-order valence-corrected chi connectivity index (χ0v) is 11.0. The monoisotopic (exact) mass is 272 g/mol. The van der Waals surface area contributed by atoms with E-state index in [1.807, 2.05) is 13.8 Å². The highest BCUT2D eigenvalue weighted by molar-refractivity contribution is 5.98. The van der Waals surface area contributed by atoms with Crippen molar-refractivity contribution in [3.63, 3.8) is 0 Å². The van der Waals surface area contributed by atoms with Crippen LogP contribution in [-0.2, 0) is 4.79 Å². The molecule has 0 aliphatic carbocycles. The van der Waals surface area contributed by atoms with Crippen LogP contribution in [0.1, 0.15) is 26.7 Å². The van der Waals surface area contributed by atoms with Crippen molar-refractivity contribution in [3.8, 4) is 5.75 Å². The van der Waals surface area contributed by atoms with Gasteiger partial charge in [-0.15, -0.1) is 0 Å². The van der Waals surface area contributed by atoms with Gasteiger partial charge in [-0.05, 0) is 25.0 Å². The van der Waals surface area contributed by atoms with Crippen molar-refractivity contribution >= 4 is 11.6 Å². The van der Waals surface area contributed by atoms with Gasteiger partial charge in [0.1, 0.15) is 5.75 Å². The number of carbonyl (C=O) groups excluding carboxylic acids is 1. The topological polar surface area (TPSA) is 64.4 Å². The number of nitrogens with one attached hydrogen (secondary N) is 1. The maximum Gasteiger partial charge on any atom is 0.387 e. The number of hydrogen-bond donors (Lipinski definition) is 2. The lowest BCUT2D eigenvalue weighted by atomic mass is 9.93. The van der Waals surface area contributed by atoms with Crippen molar-refractivity contribution in [3.05, 3.63) is 24.3 Å². The first kappa shape index (κ1) is 15.4. The molecule has 1 rings (SSSR count). The molecule has 19 heavy (non-hydrogen) atoms. The van der Waals surface area contributed by atoms with E-state index in [0.29, 0.717) is 18.5 Å². The molecule has 1 amide bonds. The van der Waals surface area contributed by atoms with Crippen LogP contribution < -0.4 is 15.8 Å². The molecule has 0 saturated carbocycles. The Morgan fingerprint density at radius 1 is 1.42 bits per heavy atom. The van der Waals surface area contributed by atoms with Crippen LogP contribution in [0, 0.1) is 0 Å². The number of ether oxygens (including phenoxy) is 1. The fourth-order valence-corrected chi connectivity index (χ4v) is 1.58. The fraction of sp³-hybridized carbons (Fsp3) is 0.462. The first-order valence-electron chi connectivity index (χ1n) is 6.06. The Balaban J connectivity index is 2.79. The van der Waals surface area contributed by atoms with Gasteiger partial charge in [-0.3, -0.25) is 4.79 Å². The van der Waals surface area contributed by atoms with Gasteiger partial charge in [-0.25, -0.2) is 0 Å². The summed E-state index contributed by atoms with van der Waals surface area (Å²) in [6.45, 7) is 0.740. The highest BCUT2D eigenvalue weighted by Crippen LogP contribution is 2.21. The predicted octanol–water partition coefficient (Wildman–Crippen LogP) is 2.74. The van der Waals surface area contributed by atoms with Crippen LogP contribution >= 0.6 is 0 Å². The molecule has 0 aliphatic heterocycles. The molecular weight excluding hydrogens is 254 g/mol. The first-order chi connectivity index (χ1) is 8.91. The van der Waals surface area contributed by atoms with Gasteiger partial charge in [0, 0.05) is 11.8 Å². The van der Waals surface area contributed by atoms with Gasteiger partial charge in [0.2, 0.25) is 5.91 Å². The molecule has 0 aromatic heterocycles. The summed E-state index contributed by atoms with van der Waals surface area (Å²) in [5.74, 6) is -0.352. The average molecular weight is 272 g/mol. The summed E-state index contributed by atoms with van der Waals surface area (Å²) in [5.41, 5.74) is 5.36. The van der Waals surface area contributed by atoms with Crippen molar-refractivity contribution in [2.24, 2.45) is 5.73 Å². The minimum Gasteiger partial charge on any atom is -0.435 e. The molecule has 0 spiro atoms. The van der Waals surface area contributed by atoms with E-state index in [0.717, 1.165) is 0 Å². The lowest BCUT2D eigenvalue weighted by Gasteiger charge is -2.25. The molecule has 0 unspecified atom stereocenters. The molecule has 3 N–H and O–H groups in total. The van der Waals surface area contributed by atoms with E-state index in [-0.39, 0.29) is 11.7 Å². The summed E-state index contributed by atoms with van der Waals surface area (Å²) in [6.07, 6.45) is 0.977. The number of nitrogens with two attached hydrogens (primary N) is 1. The summed E-state index contributed by atoms with van der Waals surface area (Å²) in [6, 6.07) is 5.82. The number of alkyl halides is 2. The Bertz CT molecular complexity index is 434. The van der Waals surface area contributed by atoms with Crippen LogP contribution in [0.2, 0.25) is 0 Å². The molecular formula is C13H18F2N2O2. The number of halogens is 2. The normalized spacial score (nSPS) is 11.5. The lowest BCUT2D eigenvalue weighted by Crippen LogP contribution is -2.50. The van der Waals surface area contributed by atoms with E-state index in [1.165, 1.54) is 18.2 Å². The van der Waals surface area contributed by atoms with E-state index in [9.17, 15) is 13.6 Å². The van der Waals surface area contributed by atoms with Crippen molar-refractivity contribution in [2.75, 3.05) is 5.32 Å². The molecule has 4 nitrogen and oxygen atoms in total. The molecule has 0 saturated heterocycles. The Morgan fingerprint density at radius 3 is 2.58 bits per heavy atom. The molecule has 6 heteroatoms. The Labute approximate surface area is 110 Å². The van der Waals surface area contributed by atoms with Crippen molar-refractivity contribution in [1.29, 1.82) is 0 Å². The minimum absolute atomic E-state index is 0.0107. The standard InChI is InChI=1S/C13H18F2N2O2/c1-3-13(16,4-2)11(18)17-9-6-5-7-10(8-9)19-12(14)15/h5-8,12H,3-4,16H2,1-2H3,(H,17,18). The van der Waals surface area contributed by atoms with E-state index < -0.39 is 12.2 Å². The van der Waals surface area contributed by atoms with Crippen LogP contribution in [0.3, 0.4) is 0 Å². The minimum atomic E-state index is -2.90. The van der Waals surface area contributed by atoms with Gasteiger partial charge < -0.3 is 15.8 Å². The highest BCUT2D eigenvalue weighted by Gasteiger charge is 2.29. The van der Waals surface area contributed by atoms with E-state index in [4.69, 9.17) is 5.73 Å². The molecule has 106 valence electrons. The zero-order chi connectivity index (χ0) is 14.5. The zero-order valence-electron chi connectivity index (χ0n) is 11.0. The number of benzene rings is 1. The number of hydrogen-bond acceptors (Lipinski definition) is 3. The van der Waals surface area contributed by atoms with Gasteiger partial charge in [0.15, 0.2) is 0 Å². The van der Waals surface area contributed by atoms with Gasteiger partial charge in [0.25, 0.3) is 0 Å². The van der Waals surface area contributed by atoms with Crippen molar-refractivity contribution in [1.82, 2.24) is 0 Å². The van der Waals surface area contributed by atoms with Gasteiger partial charge in [0.05, 0.1) is 5.54 Å². The second-order valence-electron chi connectivity index (χ2n) is 4.22. The quantitative estimate of drug-likeness (QED) is 0.837. The third kappa shape index (κ3) is 4.17. The predicted molar refractivity (Wildman–Crippen MR) is 69.2 cm³/mol. The van der Waals surface area contributed by atoms with Crippen molar-refractivity contribution < 1.29 is 18.3 Å². The first-order valence-corrected chi connectivity index (χ1v) is 6.06. The Kier molecular flexibility index (Phi) is 5.23. The second-order valence-corrected chi connectivity index (χ2v) is 4.22.